The summed E-state index contributed by atoms with van der Waals surface area (Å²) < 4.78 is 27.2. The molecule has 21 heavy (non-hydrogen) atoms. The lowest BCUT2D eigenvalue weighted by atomic mass is 9.85. The fraction of sp³-hybridized carbons (Fsp3) is 0.533. The molecule has 6 heteroatoms. The Morgan fingerprint density at radius 1 is 1.24 bits per heavy atom. The predicted molar refractivity (Wildman–Crippen MR) is 80.0 cm³/mol. The third-order valence-electron chi connectivity index (χ3n) is 4.45. The summed E-state index contributed by atoms with van der Waals surface area (Å²) in [5.74, 6) is -1.00. The Morgan fingerprint density at radius 3 is 2.76 bits per heavy atom. The molecule has 2 N–H and O–H groups in total. The number of benzene rings is 1. The lowest BCUT2D eigenvalue weighted by Gasteiger charge is -2.24. The van der Waals surface area contributed by atoms with E-state index in [-0.39, 0.29) is 22.1 Å². The van der Waals surface area contributed by atoms with Gasteiger partial charge in [0, 0.05) is 12.1 Å². The van der Waals surface area contributed by atoms with E-state index in [9.17, 15) is 13.6 Å². The Labute approximate surface area is 130 Å². The maximum Gasteiger partial charge on any atom is 0.241 e. The van der Waals surface area contributed by atoms with E-state index in [1.807, 2.05) is 0 Å². The number of rotatable bonds is 2. The Hall–Kier alpha value is -1.01. The molecule has 1 saturated heterocycles. The zero-order valence-electron chi connectivity index (χ0n) is 11.5. The second kappa shape index (κ2) is 6.01. The molecule has 3 atom stereocenters. The van der Waals surface area contributed by atoms with Gasteiger partial charge < -0.3 is 10.6 Å². The van der Waals surface area contributed by atoms with Crippen LogP contribution in [0.5, 0.6) is 0 Å². The number of hydrogen-bond donors (Lipinski definition) is 2. The zero-order chi connectivity index (χ0) is 15.0. The van der Waals surface area contributed by atoms with Crippen molar-refractivity contribution in [1.29, 1.82) is 0 Å². The minimum atomic E-state index is -0.646. The van der Waals surface area contributed by atoms with Crippen LogP contribution >= 0.6 is 15.9 Å². The number of carbonyl (C=O) groups is 1. The molecule has 0 aromatic heterocycles. The summed E-state index contributed by atoms with van der Waals surface area (Å²) in [7, 11) is 0. The summed E-state index contributed by atoms with van der Waals surface area (Å²) in [4.78, 5) is 12.2. The van der Waals surface area contributed by atoms with Crippen LogP contribution in [-0.4, -0.2) is 18.0 Å². The van der Waals surface area contributed by atoms with Gasteiger partial charge in [-0.3, -0.25) is 4.79 Å². The molecule has 3 nitrogen and oxygen atoms in total. The second-order valence-electron chi connectivity index (χ2n) is 5.84. The topological polar surface area (TPSA) is 41.1 Å². The van der Waals surface area contributed by atoms with Gasteiger partial charge in [-0.2, -0.15) is 0 Å². The molecule has 1 aliphatic carbocycles. The summed E-state index contributed by atoms with van der Waals surface area (Å²) in [6.07, 6.45) is 5.41. The largest absolute Gasteiger partial charge is 0.322 e. The number of nitrogens with one attached hydrogen (secondary N) is 2. The molecule has 3 rings (SSSR count). The van der Waals surface area contributed by atoms with Crippen molar-refractivity contribution in [3.05, 3.63) is 28.2 Å². The number of anilines is 1. The maximum atomic E-state index is 13.7. The number of fused-ring (bicyclic) bond motifs is 1. The summed E-state index contributed by atoms with van der Waals surface area (Å²) in [6.45, 7) is 0. The minimum Gasteiger partial charge on any atom is -0.322 e. The van der Waals surface area contributed by atoms with Crippen molar-refractivity contribution in [2.24, 2.45) is 5.92 Å². The van der Waals surface area contributed by atoms with E-state index in [4.69, 9.17) is 0 Å². The average molecular weight is 359 g/mol. The molecule has 0 radical (unpaired) electrons. The normalized spacial score (nSPS) is 28.2. The molecule has 3 unspecified atom stereocenters. The predicted octanol–water partition coefficient (Wildman–Crippen LogP) is 3.59. The van der Waals surface area contributed by atoms with E-state index in [1.165, 1.54) is 12.8 Å². The van der Waals surface area contributed by atoms with Crippen LogP contribution in [0.3, 0.4) is 0 Å². The van der Waals surface area contributed by atoms with Gasteiger partial charge >= 0.3 is 0 Å². The fourth-order valence-corrected chi connectivity index (χ4v) is 3.67. The first kappa shape index (κ1) is 14.9. The molecule has 114 valence electrons. The Kier molecular flexibility index (Phi) is 4.26. The van der Waals surface area contributed by atoms with Gasteiger partial charge in [0.25, 0.3) is 0 Å². The molecule has 1 saturated carbocycles. The van der Waals surface area contributed by atoms with Crippen LogP contribution in [0, 0.1) is 17.6 Å². The van der Waals surface area contributed by atoms with E-state index >= 15 is 0 Å². The summed E-state index contributed by atoms with van der Waals surface area (Å²) in [5, 5.41) is 5.81. The number of hydrogen-bond acceptors (Lipinski definition) is 2. The van der Waals surface area contributed by atoms with E-state index < -0.39 is 11.6 Å². The van der Waals surface area contributed by atoms with Crippen molar-refractivity contribution in [2.45, 2.75) is 44.2 Å². The van der Waals surface area contributed by atoms with E-state index in [0.717, 1.165) is 31.4 Å². The van der Waals surface area contributed by atoms with Crippen LogP contribution in [0.25, 0.3) is 0 Å². The van der Waals surface area contributed by atoms with Gasteiger partial charge in [-0.25, -0.2) is 8.78 Å². The second-order valence-corrected chi connectivity index (χ2v) is 6.70. The molecule has 2 fully saturated rings. The van der Waals surface area contributed by atoms with Gasteiger partial charge in [-0.05, 0) is 47.2 Å². The summed E-state index contributed by atoms with van der Waals surface area (Å²) >= 11 is 2.91. The van der Waals surface area contributed by atoms with Gasteiger partial charge in [-0.15, -0.1) is 0 Å². The van der Waals surface area contributed by atoms with Crippen molar-refractivity contribution in [1.82, 2.24) is 5.32 Å². The average Bonchev–Trinajstić information content (AvgIpc) is 2.88. The molecule has 1 aromatic rings. The van der Waals surface area contributed by atoms with Crippen LogP contribution in [-0.2, 0) is 4.79 Å². The lowest BCUT2D eigenvalue weighted by molar-refractivity contribution is -0.117. The van der Waals surface area contributed by atoms with Crippen LogP contribution in [0.1, 0.15) is 32.1 Å². The van der Waals surface area contributed by atoms with Gasteiger partial charge in [0.05, 0.1) is 16.2 Å². The third-order valence-corrected chi connectivity index (χ3v) is 5.05. The van der Waals surface area contributed by atoms with Crippen molar-refractivity contribution in [3.63, 3.8) is 0 Å². The van der Waals surface area contributed by atoms with Crippen LogP contribution in [0.4, 0.5) is 14.5 Å². The molecule has 1 aliphatic heterocycles. The van der Waals surface area contributed by atoms with Crippen LogP contribution in [0.2, 0.25) is 0 Å². The van der Waals surface area contributed by atoms with E-state index in [2.05, 4.69) is 26.6 Å². The molecule has 0 spiro atoms. The first-order valence-electron chi connectivity index (χ1n) is 7.26. The highest BCUT2D eigenvalue weighted by Gasteiger charge is 2.38. The zero-order valence-corrected chi connectivity index (χ0v) is 13.1. The quantitative estimate of drug-likeness (QED) is 0.793. The number of carbonyl (C=O) groups excluding carboxylic acids is 1. The SMILES string of the molecule is O=C(Nc1cc(F)c(Br)cc1F)C1CC2CCCCC2N1. The van der Waals surface area contributed by atoms with E-state index in [1.54, 1.807) is 0 Å². The molecule has 1 aromatic carbocycles. The van der Waals surface area contributed by atoms with Gasteiger partial charge in [-0.1, -0.05) is 12.8 Å². The Balaban J connectivity index is 1.68. The van der Waals surface area contributed by atoms with Crippen molar-refractivity contribution < 1.29 is 13.6 Å². The highest BCUT2D eigenvalue weighted by molar-refractivity contribution is 9.10. The monoisotopic (exact) mass is 358 g/mol. The van der Waals surface area contributed by atoms with Crippen molar-refractivity contribution in [3.8, 4) is 0 Å². The third kappa shape index (κ3) is 3.11. The first-order valence-corrected chi connectivity index (χ1v) is 8.05. The molecular formula is C15H17BrF2N2O. The molecule has 1 heterocycles. The molecule has 0 bridgehead atoms. The minimum absolute atomic E-state index is 0.0445. The summed E-state index contributed by atoms with van der Waals surface area (Å²) in [6, 6.07) is 2.09. The maximum absolute atomic E-state index is 13.7. The smallest absolute Gasteiger partial charge is 0.241 e. The van der Waals surface area contributed by atoms with Crippen molar-refractivity contribution >= 4 is 27.5 Å². The van der Waals surface area contributed by atoms with Gasteiger partial charge in [0.15, 0.2) is 0 Å². The van der Waals surface area contributed by atoms with Gasteiger partial charge in [0.1, 0.15) is 11.6 Å². The first-order chi connectivity index (χ1) is 10.0. The standard InChI is InChI=1S/C15H17BrF2N2O/c16-9-6-11(18)13(7-10(9)17)20-15(21)14-5-8-3-1-2-4-12(8)19-14/h6-8,12,14,19H,1-5H2,(H,20,21). The van der Waals surface area contributed by atoms with Crippen molar-refractivity contribution in [2.75, 3.05) is 5.32 Å². The van der Waals surface area contributed by atoms with E-state index in [0.29, 0.717) is 12.0 Å². The molecule has 1 amide bonds. The van der Waals surface area contributed by atoms with Crippen LogP contribution < -0.4 is 10.6 Å². The number of halogens is 3. The van der Waals surface area contributed by atoms with Gasteiger partial charge in [0.2, 0.25) is 5.91 Å². The molecular weight excluding hydrogens is 342 g/mol. The fourth-order valence-electron chi connectivity index (χ4n) is 3.36. The highest BCUT2D eigenvalue weighted by Crippen LogP contribution is 2.33. The molecule has 2 aliphatic rings. The van der Waals surface area contributed by atoms with Crippen LogP contribution in [0.15, 0.2) is 16.6 Å². The Bertz CT molecular complexity index is 553. The highest BCUT2D eigenvalue weighted by atomic mass is 79.9. The Morgan fingerprint density at radius 2 is 2.00 bits per heavy atom. The number of amides is 1. The summed E-state index contributed by atoms with van der Waals surface area (Å²) in [5.41, 5.74) is -0.114. The lowest BCUT2D eigenvalue weighted by Crippen LogP contribution is -2.40.